The van der Waals surface area contributed by atoms with Gasteiger partial charge in [0.05, 0.1) is 22.6 Å². The van der Waals surface area contributed by atoms with Crippen LogP contribution in [0.15, 0.2) is 24.4 Å². The normalized spacial score (nSPS) is 14.6. The second-order valence-electron chi connectivity index (χ2n) is 5.51. The zero-order valence-electron chi connectivity index (χ0n) is 12.1. The monoisotopic (exact) mass is 323 g/mol. The van der Waals surface area contributed by atoms with Gasteiger partial charge in [0.2, 0.25) is 0 Å². The smallest absolute Gasteiger partial charge is 0.0836 e. The molecule has 3 rings (SSSR count). The second kappa shape index (κ2) is 6.39. The Labute approximate surface area is 135 Å². The first-order chi connectivity index (χ1) is 10.2. The van der Waals surface area contributed by atoms with Crippen LogP contribution in [-0.4, -0.2) is 16.3 Å². The minimum absolute atomic E-state index is 0.609. The van der Waals surface area contributed by atoms with Crippen molar-refractivity contribution in [3.63, 3.8) is 0 Å². The molecule has 0 radical (unpaired) electrons. The standard InChI is InChI=1S/C16H19Cl2N3/c1-2-7-19-9-12-10-20-21(16(12)11-3-4-11)15-6-5-13(17)8-14(15)18/h5-6,8,10-11,19H,2-4,7,9H2,1H3. The molecule has 3 nitrogen and oxygen atoms in total. The highest BCUT2D eigenvalue weighted by Gasteiger charge is 2.30. The third-order valence-electron chi connectivity index (χ3n) is 3.73. The number of nitrogens with one attached hydrogen (secondary N) is 1. The molecule has 0 spiro atoms. The molecule has 1 aromatic heterocycles. The van der Waals surface area contributed by atoms with E-state index >= 15 is 0 Å². The molecule has 2 aromatic rings. The van der Waals surface area contributed by atoms with Gasteiger partial charge in [-0.05, 0) is 44.0 Å². The van der Waals surface area contributed by atoms with E-state index in [9.17, 15) is 0 Å². The maximum absolute atomic E-state index is 6.34. The number of aromatic nitrogens is 2. The van der Waals surface area contributed by atoms with Gasteiger partial charge in [-0.2, -0.15) is 5.10 Å². The van der Waals surface area contributed by atoms with Crippen LogP contribution in [-0.2, 0) is 6.54 Å². The maximum Gasteiger partial charge on any atom is 0.0836 e. The topological polar surface area (TPSA) is 29.9 Å². The van der Waals surface area contributed by atoms with E-state index in [1.165, 1.54) is 24.1 Å². The second-order valence-corrected chi connectivity index (χ2v) is 6.36. The van der Waals surface area contributed by atoms with E-state index in [1.54, 1.807) is 6.07 Å². The lowest BCUT2D eigenvalue weighted by atomic mass is 10.1. The highest BCUT2D eigenvalue weighted by molar-refractivity contribution is 6.35. The van der Waals surface area contributed by atoms with Crippen LogP contribution in [0.4, 0.5) is 0 Å². The Morgan fingerprint density at radius 1 is 1.33 bits per heavy atom. The molecule has 1 saturated carbocycles. The Balaban J connectivity index is 1.94. The molecule has 0 unspecified atom stereocenters. The molecular weight excluding hydrogens is 305 g/mol. The predicted molar refractivity (Wildman–Crippen MR) is 87.6 cm³/mol. The Morgan fingerprint density at radius 2 is 2.14 bits per heavy atom. The largest absolute Gasteiger partial charge is 0.313 e. The average molecular weight is 324 g/mol. The summed E-state index contributed by atoms with van der Waals surface area (Å²) in [6, 6.07) is 5.56. The van der Waals surface area contributed by atoms with Crippen molar-refractivity contribution < 1.29 is 0 Å². The van der Waals surface area contributed by atoms with E-state index in [2.05, 4.69) is 17.3 Å². The van der Waals surface area contributed by atoms with Crippen LogP contribution in [0.1, 0.15) is 43.4 Å². The summed E-state index contributed by atoms with van der Waals surface area (Å²) in [6.45, 7) is 4.06. The summed E-state index contributed by atoms with van der Waals surface area (Å²) in [4.78, 5) is 0. The molecule has 21 heavy (non-hydrogen) atoms. The van der Waals surface area contributed by atoms with Crippen LogP contribution >= 0.6 is 23.2 Å². The molecule has 5 heteroatoms. The fourth-order valence-electron chi connectivity index (χ4n) is 2.56. The summed E-state index contributed by atoms with van der Waals surface area (Å²) in [5.41, 5.74) is 3.48. The minimum Gasteiger partial charge on any atom is -0.313 e. The van der Waals surface area contributed by atoms with Gasteiger partial charge >= 0.3 is 0 Å². The quantitative estimate of drug-likeness (QED) is 0.790. The molecule has 0 atom stereocenters. The van der Waals surface area contributed by atoms with E-state index in [0.29, 0.717) is 16.0 Å². The van der Waals surface area contributed by atoms with Crippen LogP contribution in [0, 0.1) is 0 Å². The van der Waals surface area contributed by atoms with Crippen molar-refractivity contribution in [1.29, 1.82) is 0 Å². The zero-order valence-corrected chi connectivity index (χ0v) is 13.6. The fraction of sp³-hybridized carbons (Fsp3) is 0.438. The Kier molecular flexibility index (Phi) is 4.53. The predicted octanol–water partition coefficient (Wildman–Crippen LogP) is 4.56. The number of halogens is 2. The summed E-state index contributed by atoms with van der Waals surface area (Å²) < 4.78 is 1.99. The molecule has 1 N–H and O–H groups in total. The van der Waals surface area contributed by atoms with Gasteiger partial charge in [-0.25, -0.2) is 4.68 Å². The Hall–Kier alpha value is -1.03. The van der Waals surface area contributed by atoms with Crippen molar-refractivity contribution in [2.24, 2.45) is 0 Å². The lowest BCUT2D eigenvalue weighted by Gasteiger charge is -2.11. The first-order valence-corrected chi connectivity index (χ1v) is 8.19. The van der Waals surface area contributed by atoms with E-state index in [-0.39, 0.29) is 0 Å². The Morgan fingerprint density at radius 3 is 2.81 bits per heavy atom. The summed E-state index contributed by atoms with van der Waals surface area (Å²) in [7, 11) is 0. The van der Waals surface area contributed by atoms with Crippen LogP contribution in [0.2, 0.25) is 10.0 Å². The van der Waals surface area contributed by atoms with Crippen molar-refractivity contribution in [2.45, 2.75) is 38.6 Å². The number of benzene rings is 1. The van der Waals surface area contributed by atoms with Gasteiger partial charge in [-0.3, -0.25) is 0 Å². The van der Waals surface area contributed by atoms with Gasteiger partial charge in [0, 0.05) is 23.0 Å². The molecule has 1 aliphatic rings. The molecule has 1 aliphatic carbocycles. The molecule has 0 saturated heterocycles. The van der Waals surface area contributed by atoms with Gasteiger partial charge in [-0.1, -0.05) is 30.1 Å². The first-order valence-electron chi connectivity index (χ1n) is 7.43. The highest BCUT2D eigenvalue weighted by atomic mass is 35.5. The highest BCUT2D eigenvalue weighted by Crippen LogP contribution is 2.43. The van der Waals surface area contributed by atoms with Crippen molar-refractivity contribution in [2.75, 3.05) is 6.54 Å². The summed E-state index contributed by atoms with van der Waals surface area (Å²) in [5, 5.41) is 9.31. The molecule has 0 amide bonds. The van der Waals surface area contributed by atoms with Gasteiger partial charge in [-0.15, -0.1) is 0 Å². The van der Waals surface area contributed by atoms with Crippen molar-refractivity contribution >= 4 is 23.2 Å². The van der Waals surface area contributed by atoms with Gasteiger partial charge in [0.25, 0.3) is 0 Å². The number of nitrogens with zero attached hydrogens (tertiary/aromatic N) is 2. The molecule has 1 fully saturated rings. The zero-order chi connectivity index (χ0) is 14.8. The summed E-state index contributed by atoms with van der Waals surface area (Å²) in [5.74, 6) is 0.609. The lowest BCUT2D eigenvalue weighted by Crippen LogP contribution is -2.15. The molecule has 1 heterocycles. The fourth-order valence-corrected chi connectivity index (χ4v) is 3.05. The van der Waals surface area contributed by atoms with E-state index in [1.807, 2.05) is 23.0 Å². The van der Waals surface area contributed by atoms with Crippen LogP contribution in [0.25, 0.3) is 5.69 Å². The SMILES string of the molecule is CCCNCc1cnn(-c2ccc(Cl)cc2Cl)c1C1CC1. The molecule has 1 aromatic carbocycles. The Bertz CT molecular complexity index is 632. The third-order valence-corrected chi connectivity index (χ3v) is 4.27. The average Bonchev–Trinajstić information content (AvgIpc) is 3.21. The van der Waals surface area contributed by atoms with Crippen molar-refractivity contribution in [1.82, 2.24) is 15.1 Å². The molecule has 0 aliphatic heterocycles. The molecule has 112 valence electrons. The van der Waals surface area contributed by atoms with Gasteiger partial charge in [0.1, 0.15) is 0 Å². The van der Waals surface area contributed by atoms with Gasteiger partial charge in [0.15, 0.2) is 0 Å². The maximum atomic E-state index is 6.34. The van der Waals surface area contributed by atoms with E-state index in [4.69, 9.17) is 23.2 Å². The van der Waals surface area contributed by atoms with Crippen molar-refractivity contribution in [3.05, 3.63) is 45.7 Å². The van der Waals surface area contributed by atoms with E-state index in [0.717, 1.165) is 25.2 Å². The van der Waals surface area contributed by atoms with Crippen molar-refractivity contribution in [3.8, 4) is 5.69 Å². The first kappa shape index (κ1) is 14.9. The van der Waals surface area contributed by atoms with Crippen LogP contribution in [0.5, 0.6) is 0 Å². The molecular formula is C16H19Cl2N3. The number of hydrogen-bond donors (Lipinski definition) is 1. The van der Waals surface area contributed by atoms with Gasteiger partial charge < -0.3 is 5.32 Å². The lowest BCUT2D eigenvalue weighted by molar-refractivity contribution is 0.669. The van der Waals surface area contributed by atoms with Crippen LogP contribution in [0.3, 0.4) is 0 Å². The summed E-state index contributed by atoms with van der Waals surface area (Å²) >= 11 is 12.3. The third kappa shape index (κ3) is 3.25. The number of rotatable bonds is 6. The minimum atomic E-state index is 0.609. The van der Waals surface area contributed by atoms with Crippen LogP contribution < -0.4 is 5.32 Å². The summed E-state index contributed by atoms with van der Waals surface area (Å²) in [6.07, 6.45) is 5.56. The number of hydrogen-bond acceptors (Lipinski definition) is 2. The van der Waals surface area contributed by atoms with E-state index < -0.39 is 0 Å². The molecule has 0 bridgehead atoms.